The molecule has 2 fully saturated rings. The summed E-state index contributed by atoms with van der Waals surface area (Å²) in [5.74, 6) is -0.00457. The Hall–Kier alpha value is -1.13. The zero-order valence-corrected chi connectivity index (χ0v) is 19.3. The number of esters is 1. The molecule has 0 amide bonds. The molecular formula is C25H40O4. The summed E-state index contributed by atoms with van der Waals surface area (Å²) in [6.07, 6.45) is 6.83. The van der Waals surface area contributed by atoms with Crippen molar-refractivity contribution in [3.8, 4) is 0 Å². The molecule has 0 radical (unpaired) electrons. The Morgan fingerprint density at radius 3 is 2.45 bits per heavy atom. The van der Waals surface area contributed by atoms with Crippen LogP contribution in [-0.4, -0.2) is 34.0 Å². The Morgan fingerprint density at radius 2 is 1.86 bits per heavy atom. The Bertz CT molecular complexity index is 714. The summed E-state index contributed by atoms with van der Waals surface area (Å²) in [5, 5.41) is 22.6. The summed E-state index contributed by atoms with van der Waals surface area (Å²) in [5.41, 5.74) is 0.783. The van der Waals surface area contributed by atoms with Crippen LogP contribution < -0.4 is 0 Å². The third-order valence-electron chi connectivity index (χ3n) is 8.18. The van der Waals surface area contributed by atoms with E-state index in [2.05, 4.69) is 20.8 Å². The first-order valence-electron chi connectivity index (χ1n) is 11.3. The quantitative estimate of drug-likeness (QED) is 0.403. The average molecular weight is 405 g/mol. The zero-order chi connectivity index (χ0) is 21.8. The molecule has 0 aliphatic heterocycles. The minimum Gasteiger partial charge on any atom is -0.456 e. The van der Waals surface area contributed by atoms with E-state index in [9.17, 15) is 15.0 Å². The lowest BCUT2D eigenvalue weighted by atomic mass is 9.44. The Balaban J connectivity index is 2.09. The Morgan fingerprint density at radius 1 is 1.21 bits per heavy atom. The molecule has 3 aliphatic rings. The lowest BCUT2D eigenvalue weighted by Crippen LogP contribution is -2.62. The van der Waals surface area contributed by atoms with Gasteiger partial charge in [-0.25, -0.2) is 4.79 Å². The van der Waals surface area contributed by atoms with Crippen LogP contribution in [0.1, 0.15) is 80.6 Å². The van der Waals surface area contributed by atoms with Crippen molar-refractivity contribution in [1.82, 2.24) is 0 Å². The van der Waals surface area contributed by atoms with E-state index < -0.39 is 17.8 Å². The molecule has 0 unspecified atom stereocenters. The van der Waals surface area contributed by atoms with Gasteiger partial charge in [0, 0.05) is 12.0 Å². The molecule has 0 aromatic heterocycles. The molecule has 0 heterocycles. The van der Waals surface area contributed by atoms with Crippen molar-refractivity contribution in [3.05, 3.63) is 23.3 Å². The van der Waals surface area contributed by atoms with Crippen molar-refractivity contribution in [2.75, 3.05) is 0 Å². The highest BCUT2D eigenvalue weighted by atomic mass is 16.6. The van der Waals surface area contributed by atoms with Gasteiger partial charge in [-0.15, -0.1) is 0 Å². The van der Waals surface area contributed by atoms with Crippen molar-refractivity contribution < 1.29 is 19.7 Å². The van der Waals surface area contributed by atoms with Crippen LogP contribution in [0.15, 0.2) is 23.3 Å². The third kappa shape index (κ3) is 3.83. The van der Waals surface area contributed by atoms with Crippen molar-refractivity contribution >= 4 is 5.97 Å². The van der Waals surface area contributed by atoms with Gasteiger partial charge in [0.05, 0.1) is 5.60 Å². The summed E-state index contributed by atoms with van der Waals surface area (Å²) in [6, 6.07) is 0. The van der Waals surface area contributed by atoms with E-state index in [1.54, 1.807) is 0 Å². The van der Waals surface area contributed by atoms with Crippen LogP contribution in [0.25, 0.3) is 0 Å². The number of rotatable bonds is 3. The van der Waals surface area contributed by atoms with E-state index in [1.807, 2.05) is 33.8 Å². The molecule has 2 saturated carbocycles. The molecule has 3 aliphatic carbocycles. The molecule has 6 atom stereocenters. The molecule has 0 aromatic carbocycles. The topological polar surface area (TPSA) is 66.8 Å². The normalized spacial score (nSPS) is 41.1. The predicted octanol–water partition coefficient (Wildman–Crippen LogP) is 4.80. The number of ether oxygens (including phenoxy) is 1. The first kappa shape index (κ1) is 22.6. The van der Waals surface area contributed by atoms with Gasteiger partial charge in [0.2, 0.25) is 0 Å². The minimum absolute atomic E-state index is 0.0266. The van der Waals surface area contributed by atoms with Gasteiger partial charge < -0.3 is 14.9 Å². The van der Waals surface area contributed by atoms with Gasteiger partial charge in [-0.2, -0.15) is 0 Å². The maximum Gasteiger partial charge on any atom is 0.331 e. The average Bonchev–Trinajstić information content (AvgIpc) is 2.57. The van der Waals surface area contributed by atoms with Crippen molar-refractivity contribution in [2.45, 2.75) is 98.4 Å². The van der Waals surface area contributed by atoms with Crippen LogP contribution >= 0.6 is 0 Å². The maximum absolute atomic E-state index is 12.6. The molecule has 3 rings (SSSR count). The molecule has 0 spiro atoms. The van der Waals surface area contributed by atoms with Gasteiger partial charge in [0.1, 0.15) is 12.2 Å². The number of aliphatic hydroxyl groups is 2. The molecule has 29 heavy (non-hydrogen) atoms. The smallest absolute Gasteiger partial charge is 0.331 e. The number of hydrogen-bond donors (Lipinski definition) is 2. The van der Waals surface area contributed by atoms with Gasteiger partial charge in [-0.3, -0.25) is 0 Å². The van der Waals surface area contributed by atoms with Crippen LogP contribution in [0.5, 0.6) is 0 Å². The summed E-state index contributed by atoms with van der Waals surface area (Å²) in [7, 11) is 0. The fourth-order valence-corrected chi connectivity index (χ4v) is 6.71. The Kier molecular flexibility index (Phi) is 5.86. The van der Waals surface area contributed by atoms with E-state index in [4.69, 9.17) is 4.74 Å². The van der Waals surface area contributed by atoms with E-state index in [0.29, 0.717) is 0 Å². The number of carbonyl (C=O) groups excluding carboxylic acids is 1. The number of hydrogen-bond acceptors (Lipinski definition) is 4. The second-order valence-electron chi connectivity index (χ2n) is 11.3. The molecule has 2 N–H and O–H groups in total. The van der Waals surface area contributed by atoms with Crippen LogP contribution in [0.3, 0.4) is 0 Å². The predicted molar refractivity (Wildman–Crippen MR) is 115 cm³/mol. The van der Waals surface area contributed by atoms with Crippen LogP contribution in [-0.2, 0) is 9.53 Å². The first-order valence-corrected chi connectivity index (χ1v) is 11.3. The molecule has 0 saturated heterocycles. The Labute approximate surface area is 176 Å². The zero-order valence-electron chi connectivity index (χ0n) is 19.3. The third-order valence-corrected chi connectivity index (χ3v) is 8.18. The SMILES string of the molecule is CC(C)=CC(=O)O[C@@H]1[C@@H]2C(C)(C)CCC[C@]2(C)[C@H]2CC[C@](O)(C(C)C)C=C2[C@@H]1O. The summed E-state index contributed by atoms with van der Waals surface area (Å²) < 4.78 is 5.97. The fraction of sp³-hybridized carbons (Fsp3) is 0.800. The van der Waals surface area contributed by atoms with Crippen molar-refractivity contribution in [1.29, 1.82) is 0 Å². The second kappa shape index (κ2) is 7.53. The number of carbonyl (C=O) groups is 1. The van der Waals surface area contributed by atoms with Crippen molar-refractivity contribution in [3.63, 3.8) is 0 Å². The highest BCUT2D eigenvalue weighted by molar-refractivity contribution is 5.82. The van der Waals surface area contributed by atoms with E-state index >= 15 is 0 Å². The van der Waals surface area contributed by atoms with E-state index in [-0.39, 0.29) is 34.6 Å². The van der Waals surface area contributed by atoms with Crippen LogP contribution in [0.4, 0.5) is 0 Å². The van der Waals surface area contributed by atoms with Gasteiger partial charge in [0.25, 0.3) is 0 Å². The second-order valence-corrected chi connectivity index (χ2v) is 11.3. The number of fused-ring (bicyclic) bond motifs is 3. The monoisotopic (exact) mass is 404 g/mol. The highest BCUT2D eigenvalue weighted by Gasteiger charge is 2.62. The highest BCUT2D eigenvalue weighted by Crippen LogP contribution is 2.64. The van der Waals surface area contributed by atoms with E-state index in [1.165, 1.54) is 6.08 Å². The van der Waals surface area contributed by atoms with Gasteiger partial charge in [-0.05, 0) is 67.8 Å². The molecule has 164 valence electrons. The number of allylic oxidation sites excluding steroid dienone is 1. The lowest BCUT2D eigenvalue weighted by Gasteiger charge is -2.62. The molecule has 4 nitrogen and oxygen atoms in total. The van der Waals surface area contributed by atoms with Gasteiger partial charge in [-0.1, -0.05) is 52.7 Å². The van der Waals surface area contributed by atoms with Crippen LogP contribution in [0, 0.1) is 28.6 Å². The molecular weight excluding hydrogens is 364 g/mol. The molecule has 4 heteroatoms. The minimum atomic E-state index is -0.908. The molecule has 0 bridgehead atoms. The molecule has 0 aromatic rings. The van der Waals surface area contributed by atoms with Gasteiger partial charge >= 0.3 is 5.97 Å². The maximum atomic E-state index is 12.6. The van der Waals surface area contributed by atoms with Crippen molar-refractivity contribution in [2.24, 2.45) is 28.6 Å². The summed E-state index contributed by atoms with van der Waals surface area (Å²) >= 11 is 0. The largest absolute Gasteiger partial charge is 0.456 e. The van der Waals surface area contributed by atoms with Crippen LogP contribution in [0.2, 0.25) is 0 Å². The number of aliphatic hydroxyl groups excluding tert-OH is 1. The first-order chi connectivity index (χ1) is 13.3. The standard InChI is InChI=1S/C25H40O4/c1-15(2)13-19(26)29-21-20(27)17-14-25(28,16(3)4)12-9-18(17)24(7)11-8-10-23(5,6)22(21)24/h13-14,16,18,20-22,27-28H,8-12H2,1-7H3/t18-,20-,21-,22+,24+,25+/m0/s1. The fourth-order valence-electron chi connectivity index (χ4n) is 6.71. The van der Waals surface area contributed by atoms with Gasteiger partial charge in [0.15, 0.2) is 0 Å². The van der Waals surface area contributed by atoms with E-state index in [0.717, 1.165) is 43.3 Å². The summed E-state index contributed by atoms with van der Waals surface area (Å²) in [4.78, 5) is 12.6. The summed E-state index contributed by atoms with van der Waals surface area (Å²) in [6.45, 7) is 14.6. The lowest BCUT2D eigenvalue weighted by molar-refractivity contribution is -0.191.